The quantitative estimate of drug-likeness (QED) is 0.469. The number of benzene rings is 1. The normalized spacial score (nSPS) is 9.50. The SMILES string of the molecule is C=CCOC(=O)c1ccccc1CBr. The minimum absolute atomic E-state index is 0.245. The summed E-state index contributed by atoms with van der Waals surface area (Å²) >= 11 is 3.32. The van der Waals surface area contributed by atoms with Gasteiger partial charge in [-0.25, -0.2) is 4.79 Å². The maximum absolute atomic E-state index is 11.5. The first-order valence-electron chi connectivity index (χ1n) is 4.21. The molecule has 0 aliphatic rings. The van der Waals surface area contributed by atoms with Crippen molar-refractivity contribution in [2.45, 2.75) is 5.33 Å². The van der Waals surface area contributed by atoms with Crippen LogP contribution in [0.25, 0.3) is 0 Å². The summed E-state index contributed by atoms with van der Waals surface area (Å²) in [6.07, 6.45) is 1.55. The number of ether oxygens (including phenoxy) is 1. The van der Waals surface area contributed by atoms with Crippen molar-refractivity contribution < 1.29 is 9.53 Å². The standard InChI is InChI=1S/C11H11BrO2/c1-2-7-14-11(13)10-6-4-3-5-9(10)8-12/h2-6H,1,7-8H2. The van der Waals surface area contributed by atoms with Gasteiger partial charge in [-0.05, 0) is 11.6 Å². The molecule has 0 bridgehead atoms. The summed E-state index contributed by atoms with van der Waals surface area (Å²) < 4.78 is 4.94. The molecule has 0 radical (unpaired) electrons. The molecule has 0 amide bonds. The van der Waals surface area contributed by atoms with Crippen molar-refractivity contribution in [3.8, 4) is 0 Å². The second-order valence-corrected chi connectivity index (χ2v) is 3.24. The predicted molar refractivity (Wildman–Crippen MR) is 59.6 cm³/mol. The molecule has 1 aromatic carbocycles. The average molecular weight is 255 g/mol. The minimum Gasteiger partial charge on any atom is -0.458 e. The van der Waals surface area contributed by atoms with Gasteiger partial charge < -0.3 is 4.74 Å². The molecule has 1 rings (SSSR count). The number of hydrogen-bond acceptors (Lipinski definition) is 2. The Hall–Kier alpha value is -1.09. The van der Waals surface area contributed by atoms with E-state index in [4.69, 9.17) is 4.74 Å². The number of carbonyl (C=O) groups excluding carboxylic acids is 1. The van der Waals surface area contributed by atoms with Crippen LogP contribution in [0.3, 0.4) is 0 Å². The molecule has 0 unspecified atom stereocenters. The molecule has 0 aliphatic heterocycles. The van der Waals surface area contributed by atoms with E-state index < -0.39 is 0 Å². The summed E-state index contributed by atoms with van der Waals surface area (Å²) in [5, 5.41) is 0.645. The van der Waals surface area contributed by atoms with Crippen LogP contribution in [0.5, 0.6) is 0 Å². The highest BCUT2D eigenvalue weighted by atomic mass is 79.9. The van der Waals surface area contributed by atoms with Crippen molar-refractivity contribution in [1.29, 1.82) is 0 Å². The lowest BCUT2D eigenvalue weighted by Gasteiger charge is -2.05. The van der Waals surface area contributed by atoms with Crippen molar-refractivity contribution in [1.82, 2.24) is 0 Å². The Morgan fingerprint density at radius 3 is 2.86 bits per heavy atom. The van der Waals surface area contributed by atoms with Crippen LogP contribution in [0.2, 0.25) is 0 Å². The number of esters is 1. The van der Waals surface area contributed by atoms with Crippen LogP contribution >= 0.6 is 15.9 Å². The first kappa shape index (κ1) is 11.0. The molecular weight excluding hydrogens is 244 g/mol. The third kappa shape index (κ3) is 2.70. The highest BCUT2D eigenvalue weighted by Gasteiger charge is 2.10. The molecule has 3 heteroatoms. The number of hydrogen-bond donors (Lipinski definition) is 0. The Balaban J connectivity index is 2.82. The predicted octanol–water partition coefficient (Wildman–Crippen LogP) is 2.92. The van der Waals surface area contributed by atoms with Crippen LogP contribution in [-0.4, -0.2) is 12.6 Å². The number of halogens is 1. The largest absolute Gasteiger partial charge is 0.458 e. The van der Waals surface area contributed by atoms with Crippen LogP contribution in [0, 0.1) is 0 Å². The van der Waals surface area contributed by atoms with Gasteiger partial charge in [-0.2, -0.15) is 0 Å². The Kier molecular flexibility index (Phi) is 4.40. The molecule has 0 spiro atoms. The van der Waals surface area contributed by atoms with Gasteiger partial charge in [0, 0.05) is 5.33 Å². The lowest BCUT2D eigenvalue weighted by Crippen LogP contribution is -2.07. The van der Waals surface area contributed by atoms with Gasteiger partial charge in [0.15, 0.2) is 0 Å². The Morgan fingerprint density at radius 2 is 2.21 bits per heavy atom. The van der Waals surface area contributed by atoms with E-state index in [9.17, 15) is 4.79 Å². The van der Waals surface area contributed by atoms with Gasteiger partial charge >= 0.3 is 5.97 Å². The summed E-state index contributed by atoms with van der Waals surface area (Å²) in [7, 11) is 0. The molecular formula is C11H11BrO2. The third-order valence-corrected chi connectivity index (χ3v) is 2.32. The van der Waals surface area contributed by atoms with Gasteiger partial charge in [-0.1, -0.05) is 46.8 Å². The van der Waals surface area contributed by atoms with Gasteiger partial charge in [0.25, 0.3) is 0 Å². The average Bonchev–Trinajstić information content (AvgIpc) is 2.25. The van der Waals surface area contributed by atoms with E-state index in [1.165, 1.54) is 0 Å². The van der Waals surface area contributed by atoms with Gasteiger partial charge in [0.05, 0.1) is 5.56 Å². The monoisotopic (exact) mass is 254 g/mol. The van der Waals surface area contributed by atoms with Crippen molar-refractivity contribution in [3.05, 3.63) is 48.0 Å². The highest BCUT2D eigenvalue weighted by molar-refractivity contribution is 9.08. The second kappa shape index (κ2) is 5.60. The maximum atomic E-state index is 11.5. The summed E-state index contributed by atoms with van der Waals surface area (Å²) in [6, 6.07) is 7.35. The zero-order valence-corrected chi connectivity index (χ0v) is 9.29. The van der Waals surface area contributed by atoms with Crippen LogP contribution in [-0.2, 0) is 10.1 Å². The molecule has 1 aromatic rings. The molecule has 0 heterocycles. The number of rotatable bonds is 4. The fourth-order valence-corrected chi connectivity index (χ4v) is 1.54. The molecule has 0 aliphatic carbocycles. The molecule has 2 nitrogen and oxygen atoms in total. The van der Waals surface area contributed by atoms with Crippen LogP contribution in [0.4, 0.5) is 0 Å². The Bertz CT molecular complexity index is 334. The number of alkyl halides is 1. The van der Waals surface area contributed by atoms with E-state index in [1.54, 1.807) is 12.1 Å². The lowest BCUT2D eigenvalue weighted by atomic mass is 10.1. The van der Waals surface area contributed by atoms with Crippen LogP contribution in [0.1, 0.15) is 15.9 Å². The first-order valence-corrected chi connectivity index (χ1v) is 5.33. The van der Waals surface area contributed by atoms with Crippen molar-refractivity contribution in [3.63, 3.8) is 0 Å². The smallest absolute Gasteiger partial charge is 0.338 e. The van der Waals surface area contributed by atoms with E-state index in [0.29, 0.717) is 10.9 Å². The first-order chi connectivity index (χ1) is 6.79. The van der Waals surface area contributed by atoms with Gasteiger partial charge in [0.2, 0.25) is 0 Å². The van der Waals surface area contributed by atoms with E-state index in [1.807, 2.05) is 18.2 Å². The summed E-state index contributed by atoms with van der Waals surface area (Å²) in [4.78, 5) is 11.5. The molecule has 74 valence electrons. The highest BCUT2D eigenvalue weighted by Crippen LogP contribution is 2.13. The molecule has 0 atom stereocenters. The van der Waals surface area contributed by atoms with Gasteiger partial charge in [-0.15, -0.1) is 0 Å². The van der Waals surface area contributed by atoms with Crippen molar-refractivity contribution in [2.75, 3.05) is 6.61 Å². The van der Waals surface area contributed by atoms with E-state index in [-0.39, 0.29) is 12.6 Å². The van der Waals surface area contributed by atoms with Gasteiger partial charge in [0.1, 0.15) is 6.61 Å². The molecule has 0 saturated carbocycles. The zero-order valence-electron chi connectivity index (χ0n) is 7.70. The molecule has 0 aromatic heterocycles. The van der Waals surface area contributed by atoms with Crippen LogP contribution < -0.4 is 0 Å². The summed E-state index contributed by atoms with van der Waals surface area (Å²) in [6.45, 7) is 3.73. The fourth-order valence-electron chi connectivity index (χ4n) is 1.05. The fraction of sp³-hybridized carbons (Fsp3) is 0.182. The summed E-state index contributed by atoms with van der Waals surface area (Å²) in [5.41, 5.74) is 1.53. The Labute approximate surface area is 91.7 Å². The zero-order chi connectivity index (χ0) is 10.4. The second-order valence-electron chi connectivity index (χ2n) is 2.68. The molecule has 0 saturated heterocycles. The Morgan fingerprint density at radius 1 is 1.50 bits per heavy atom. The minimum atomic E-state index is -0.306. The van der Waals surface area contributed by atoms with Crippen LogP contribution in [0.15, 0.2) is 36.9 Å². The molecule has 0 fully saturated rings. The van der Waals surface area contributed by atoms with E-state index >= 15 is 0 Å². The summed E-state index contributed by atoms with van der Waals surface area (Å²) in [5.74, 6) is -0.306. The third-order valence-electron chi connectivity index (χ3n) is 1.71. The van der Waals surface area contributed by atoms with Gasteiger partial charge in [-0.3, -0.25) is 0 Å². The molecule has 0 N–H and O–H groups in total. The molecule has 14 heavy (non-hydrogen) atoms. The van der Waals surface area contributed by atoms with Crippen molar-refractivity contribution in [2.24, 2.45) is 0 Å². The van der Waals surface area contributed by atoms with Crippen molar-refractivity contribution >= 4 is 21.9 Å². The maximum Gasteiger partial charge on any atom is 0.338 e. The lowest BCUT2D eigenvalue weighted by molar-refractivity contribution is 0.0549. The van der Waals surface area contributed by atoms with E-state index in [2.05, 4.69) is 22.5 Å². The van der Waals surface area contributed by atoms with E-state index in [0.717, 1.165) is 5.56 Å². The topological polar surface area (TPSA) is 26.3 Å². The number of carbonyl (C=O) groups is 1.